The van der Waals surface area contributed by atoms with Gasteiger partial charge in [-0.05, 0) is 22.0 Å². The number of ether oxygens (including phenoxy) is 2. The highest BCUT2D eigenvalue weighted by atomic mass is 79.9. The van der Waals surface area contributed by atoms with Gasteiger partial charge in [-0.3, -0.25) is 4.79 Å². The average molecular weight is 331 g/mol. The Kier molecular flexibility index (Phi) is 4.22. The molecular formula is C13H15BrO3S. The lowest BCUT2D eigenvalue weighted by molar-refractivity contribution is 0.0938. The quantitative estimate of drug-likeness (QED) is 0.830. The molecule has 0 radical (unpaired) electrons. The van der Waals surface area contributed by atoms with E-state index in [1.807, 2.05) is 13.0 Å². The van der Waals surface area contributed by atoms with Gasteiger partial charge >= 0.3 is 0 Å². The van der Waals surface area contributed by atoms with E-state index >= 15 is 0 Å². The van der Waals surface area contributed by atoms with Crippen molar-refractivity contribution < 1.29 is 14.3 Å². The van der Waals surface area contributed by atoms with Gasteiger partial charge in [0.15, 0.2) is 5.78 Å². The Morgan fingerprint density at radius 3 is 2.72 bits per heavy atom. The highest BCUT2D eigenvalue weighted by Gasteiger charge is 2.29. The van der Waals surface area contributed by atoms with Crippen molar-refractivity contribution in [1.29, 1.82) is 0 Å². The first-order valence-electron chi connectivity index (χ1n) is 5.65. The number of thioether (sulfide) groups is 1. The lowest BCUT2D eigenvalue weighted by atomic mass is 9.95. The molecule has 0 saturated carbocycles. The van der Waals surface area contributed by atoms with E-state index in [1.165, 1.54) is 0 Å². The highest BCUT2D eigenvalue weighted by molar-refractivity contribution is 9.10. The van der Waals surface area contributed by atoms with E-state index in [9.17, 15) is 4.79 Å². The van der Waals surface area contributed by atoms with E-state index in [0.29, 0.717) is 11.3 Å². The van der Waals surface area contributed by atoms with Crippen molar-refractivity contribution in [3.63, 3.8) is 0 Å². The van der Waals surface area contributed by atoms with Gasteiger partial charge in [0.25, 0.3) is 0 Å². The minimum Gasteiger partial charge on any atom is -0.496 e. The molecule has 1 heterocycles. The number of carbonyl (C=O) groups excluding carboxylic acids is 1. The summed E-state index contributed by atoms with van der Waals surface area (Å²) < 4.78 is 11.5. The largest absolute Gasteiger partial charge is 0.496 e. The summed E-state index contributed by atoms with van der Waals surface area (Å²) in [6, 6.07) is 1.86. The van der Waals surface area contributed by atoms with Crippen LogP contribution in [-0.4, -0.2) is 25.8 Å². The van der Waals surface area contributed by atoms with Crippen molar-refractivity contribution in [2.24, 2.45) is 5.92 Å². The van der Waals surface area contributed by atoms with Gasteiger partial charge in [-0.2, -0.15) is 11.8 Å². The highest BCUT2D eigenvalue weighted by Crippen LogP contribution is 2.42. The molecule has 1 atom stereocenters. The number of rotatable bonds is 2. The van der Waals surface area contributed by atoms with Crippen LogP contribution >= 0.6 is 27.7 Å². The van der Waals surface area contributed by atoms with Crippen LogP contribution in [0.25, 0.3) is 0 Å². The monoisotopic (exact) mass is 330 g/mol. The Balaban J connectivity index is 2.71. The number of Topliss-reactive ketones (excluding diaryl/α,β-unsaturated/α-hetero) is 1. The molecule has 0 bridgehead atoms. The summed E-state index contributed by atoms with van der Waals surface area (Å²) >= 11 is 5.19. The van der Waals surface area contributed by atoms with Crippen molar-refractivity contribution >= 4 is 33.5 Å². The van der Waals surface area contributed by atoms with Crippen molar-refractivity contribution in [3.05, 3.63) is 21.7 Å². The van der Waals surface area contributed by atoms with E-state index < -0.39 is 0 Å². The summed E-state index contributed by atoms with van der Waals surface area (Å²) in [5.74, 6) is 3.10. The fraction of sp³-hybridized carbons (Fsp3) is 0.462. The zero-order chi connectivity index (χ0) is 13.3. The zero-order valence-corrected chi connectivity index (χ0v) is 13.0. The molecule has 98 valence electrons. The van der Waals surface area contributed by atoms with Gasteiger partial charge in [-0.15, -0.1) is 0 Å². The molecule has 3 nitrogen and oxygen atoms in total. The van der Waals surface area contributed by atoms with Crippen LogP contribution in [0.15, 0.2) is 10.5 Å². The summed E-state index contributed by atoms with van der Waals surface area (Å²) in [4.78, 5) is 12.5. The van der Waals surface area contributed by atoms with Gasteiger partial charge < -0.3 is 9.47 Å². The molecule has 18 heavy (non-hydrogen) atoms. The van der Waals surface area contributed by atoms with Gasteiger partial charge in [-0.25, -0.2) is 0 Å². The maximum Gasteiger partial charge on any atom is 0.170 e. The molecule has 0 saturated heterocycles. The number of benzene rings is 1. The zero-order valence-electron chi connectivity index (χ0n) is 10.6. The molecule has 0 spiro atoms. The third-order valence-corrected chi connectivity index (χ3v) is 4.85. The average Bonchev–Trinajstić information content (AvgIpc) is 2.50. The number of carbonyl (C=O) groups is 1. The first-order valence-corrected chi connectivity index (χ1v) is 7.60. The predicted octanol–water partition coefficient (Wildman–Crippen LogP) is 3.53. The number of hydrogen-bond donors (Lipinski definition) is 0. The Hall–Kier alpha value is -0.680. The number of halogens is 1. The van der Waals surface area contributed by atoms with Crippen molar-refractivity contribution in [2.75, 3.05) is 20.0 Å². The SMILES string of the molecule is COc1cc(Br)c(OC)c2c1CSCC(C)C2=O. The molecule has 1 aliphatic rings. The first kappa shape index (κ1) is 13.7. The first-order chi connectivity index (χ1) is 8.60. The van der Waals surface area contributed by atoms with Crippen LogP contribution in [0.5, 0.6) is 11.5 Å². The lowest BCUT2D eigenvalue weighted by Crippen LogP contribution is -2.14. The Labute approximate surface area is 119 Å². The van der Waals surface area contributed by atoms with Crippen LogP contribution in [0.1, 0.15) is 22.8 Å². The Bertz CT molecular complexity index is 488. The summed E-state index contributed by atoms with van der Waals surface area (Å²) in [5.41, 5.74) is 1.61. The maximum absolute atomic E-state index is 12.5. The van der Waals surface area contributed by atoms with Crippen LogP contribution in [0, 0.1) is 5.92 Å². The van der Waals surface area contributed by atoms with Crippen LogP contribution in [-0.2, 0) is 5.75 Å². The fourth-order valence-electron chi connectivity index (χ4n) is 2.09. The summed E-state index contributed by atoms with van der Waals surface area (Å²) in [5, 5.41) is 0. The van der Waals surface area contributed by atoms with E-state index in [1.54, 1.807) is 26.0 Å². The van der Waals surface area contributed by atoms with Crippen LogP contribution < -0.4 is 9.47 Å². The molecule has 1 aromatic carbocycles. The van der Waals surface area contributed by atoms with E-state index in [2.05, 4.69) is 15.9 Å². The normalized spacial score (nSPS) is 19.1. The van der Waals surface area contributed by atoms with Crippen molar-refractivity contribution in [3.8, 4) is 11.5 Å². The smallest absolute Gasteiger partial charge is 0.170 e. The van der Waals surface area contributed by atoms with Crippen molar-refractivity contribution in [1.82, 2.24) is 0 Å². The van der Waals surface area contributed by atoms with E-state index in [0.717, 1.165) is 27.3 Å². The molecule has 1 aromatic rings. The summed E-state index contributed by atoms with van der Waals surface area (Å²) in [7, 11) is 3.21. The van der Waals surface area contributed by atoms with Gasteiger partial charge in [0.2, 0.25) is 0 Å². The molecular weight excluding hydrogens is 316 g/mol. The second-order valence-corrected chi connectivity index (χ2v) is 6.11. The number of fused-ring (bicyclic) bond motifs is 1. The van der Waals surface area contributed by atoms with Crippen molar-refractivity contribution in [2.45, 2.75) is 12.7 Å². The minimum atomic E-state index is 0.00385. The maximum atomic E-state index is 12.5. The molecule has 5 heteroatoms. The van der Waals surface area contributed by atoms with Gasteiger partial charge in [0.1, 0.15) is 11.5 Å². The molecule has 2 rings (SSSR count). The van der Waals surface area contributed by atoms with E-state index in [4.69, 9.17) is 9.47 Å². The molecule has 0 aliphatic carbocycles. The standard InChI is InChI=1S/C13H15BrO3S/c1-7-5-18-6-8-10(16-2)4-9(14)13(17-3)11(8)12(7)15/h4,7H,5-6H2,1-3H3. The van der Waals surface area contributed by atoms with Crippen LogP contribution in [0.4, 0.5) is 0 Å². The van der Waals surface area contributed by atoms with Gasteiger partial charge in [0, 0.05) is 23.0 Å². The van der Waals surface area contributed by atoms with Crippen LogP contribution in [0.3, 0.4) is 0 Å². The number of methoxy groups -OCH3 is 2. The number of hydrogen-bond acceptors (Lipinski definition) is 4. The summed E-state index contributed by atoms with van der Waals surface area (Å²) in [6.45, 7) is 1.96. The second-order valence-electron chi connectivity index (χ2n) is 4.23. The molecule has 0 N–H and O–H groups in total. The topological polar surface area (TPSA) is 35.5 Å². The fourth-order valence-corrected chi connectivity index (χ4v) is 3.77. The molecule has 1 aliphatic heterocycles. The van der Waals surface area contributed by atoms with Crippen LogP contribution in [0.2, 0.25) is 0 Å². The third-order valence-electron chi connectivity index (χ3n) is 3.03. The van der Waals surface area contributed by atoms with Gasteiger partial charge in [-0.1, -0.05) is 6.92 Å². The Morgan fingerprint density at radius 2 is 2.11 bits per heavy atom. The summed E-state index contributed by atoms with van der Waals surface area (Å²) in [6.07, 6.45) is 0. The molecule has 1 unspecified atom stereocenters. The lowest BCUT2D eigenvalue weighted by Gasteiger charge is -2.16. The number of ketones is 1. The third kappa shape index (κ3) is 2.26. The predicted molar refractivity (Wildman–Crippen MR) is 76.9 cm³/mol. The molecule has 0 aromatic heterocycles. The Morgan fingerprint density at radius 1 is 1.39 bits per heavy atom. The second kappa shape index (κ2) is 5.53. The molecule has 0 fully saturated rings. The van der Waals surface area contributed by atoms with E-state index in [-0.39, 0.29) is 11.7 Å². The molecule has 0 amide bonds. The minimum absolute atomic E-state index is 0.00385. The van der Waals surface area contributed by atoms with Gasteiger partial charge in [0.05, 0.1) is 24.3 Å².